The summed E-state index contributed by atoms with van der Waals surface area (Å²) in [5, 5.41) is 11.7. The number of aliphatic carboxylic acids is 1. The van der Waals surface area contributed by atoms with Gasteiger partial charge in [-0.15, -0.1) is 0 Å². The third-order valence-corrected chi connectivity index (χ3v) is 9.22. The fourth-order valence-electron chi connectivity index (χ4n) is 4.70. The van der Waals surface area contributed by atoms with Crippen LogP contribution in [0.25, 0.3) is 0 Å². The van der Waals surface area contributed by atoms with Gasteiger partial charge in [0.1, 0.15) is 12.4 Å². The molecule has 1 unspecified atom stereocenters. The molecule has 4 N–H and O–H groups in total. The lowest BCUT2D eigenvalue weighted by molar-refractivity contribution is -0.134. The van der Waals surface area contributed by atoms with Gasteiger partial charge in [0.15, 0.2) is 4.87 Å². The van der Waals surface area contributed by atoms with E-state index in [4.69, 9.17) is 10.8 Å². The zero-order valence-corrected chi connectivity index (χ0v) is 20.5. The first-order valence-electron chi connectivity index (χ1n) is 11.7. The van der Waals surface area contributed by atoms with E-state index in [-0.39, 0.29) is 34.8 Å². The molecule has 1 fully saturated rings. The van der Waals surface area contributed by atoms with Gasteiger partial charge >= 0.3 is 5.97 Å². The number of rotatable bonds is 10. The number of sulfone groups is 1. The minimum atomic E-state index is -4.13. The Kier molecular flexibility index (Phi) is 6.91. The quantitative estimate of drug-likeness (QED) is 0.389. The van der Waals surface area contributed by atoms with Crippen LogP contribution in [0.1, 0.15) is 49.4 Å². The smallest absolute Gasteiger partial charge is 0.322 e. The largest absolute Gasteiger partial charge is 0.480 e. The molecule has 9 heteroatoms. The maximum Gasteiger partial charge on any atom is 0.322 e. The highest BCUT2D eigenvalue weighted by atomic mass is 32.2. The Labute approximate surface area is 205 Å². The van der Waals surface area contributed by atoms with Crippen molar-refractivity contribution in [3.63, 3.8) is 0 Å². The Hall–Kier alpha value is -3.30. The van der Waals surface area contributed by atoms with Crippen molar-refractivity contribution in [2.24, 2.45) is 5.73 Å². The molecule has 1 atom stereocenters. The van der Waals surface area contributed by atoms with Crippen molar-refractivity contribution < 1.29 is 18.3 Å². The van der Waals surface area contributed by atoms with E-state index >= 15 is 0 Å². The number of aromatic nitrogens is 2. The number of carboxylic acids is 1. The maximum absolute atomic E-state index is 13.8. The number of carbonyl (C=O) groups is 1. The van der Waals surface area contributed by atoms with E-state index in [1.807, 2.05) is 12.1 Å². The molecule has 2 heterocycles. The molecule has 0 bridgehead atoms. The van der Waals surface area contributed by atoms with Gasteiger partial charge in [-0.2, -0.15) is 0 Å². The van der Waals surface area contributed by atoms with Crippen LogP contribution in [0.5, 0.6) is 0 Å². The Morgan fingerprint density at radius 2 is 1.89 bits per heavy atom. The zero-order chi connectivity index (χ0) is 25.1. The van der Waals surface area contributed by atoms with Gasteiger partial charge in [-0.05, 0) is 60.1 Å². The van der Waals surface area contributed by atoms with E-state index in [1.54, 1.807) is 24.3 Å². The molecular formula is C26H30N4O4S. The molecule has 184 valence electrons. The summed E-state index contributed by atoms with van der Waals surface area (Å²) < 4.78 is 27.7. The number of hydrogen-bond acceptors (Lipinski definition) is 7. The van der Waals surface area contributed by atoms with E-state index in [9.17, 15) is 13.2 Å². The second-order valence-corrected chi connectivity index (χ2v) is 11.3. The monoisotopic (exact) mass is 494 g/mol. The lowest BCUT2D eigenvalue weighted by Gasteiger charge is -2.42. The zero-order valence-electron chi connectivity index (χ0n) is 19.6. The van der Waals surface area contributed by atoms with Crippen molar-refractivity contribution in [1.29, 1.82) is 0 Å². The first kappa shape index (κ1) is 24.8. The predicted molar refractivity (Wildman–Crippen MR) is 134 cm³/mol. The van der Waals surface area contributed by atoms with Gasteiger partial charge in [0.05, 0.1) is 10.6 Å². The second kappa shape index (κ2) is 9.75. The first-order valence-corrected chi connectivity index (χ1v) is 13.1. The van der Waals surface area contributed by atoms with Crippen LogP contribution in [-0.2, 0) is 31.3 Å². The van der Waals surface area contributed by atoms with E-state index in [2.05, 4.69) is 34.3 Å². The van der Waals surface area contributed by atoms with Crippen LogP contribution < -0.4 is 11.1 Å². The van der Waals surface area contributed by atoms with Gasteiger partial charge in [0, 0.05) is 18.8 Å². The number of benzene rings is 1. The molecule has 3 aromatic rings. The summed E-state index contributed by atoms with van der Waals surface area (Å²) in [5.41, 5.74) is 9.11. The molecule has 35 heavy (non-hydrogen) atoms. The fourth-order valence-corrected chi connectivity index (χ4v) is 6.33. The highest BCUT2D eigenvalue weighted by Crippen LogP contribution is 2.46. The average molecular weight is 495 g/mol. The SMILES string of the molecule is CCC1(c2ccc(CC(N)(c3cccc(NCC(=O)O)n3)S(=O)(=O)c3cccnc3)cc2)CCC1. The predicted octanol–water partition coefficient (Wildman–Crippen LogP) is 3.63. The lowest BCUT2D eigenvalue weighted by atomic mass is 9.63. The molecule has 4 rings (SSSR count). The number of nitrogens with one attached hydrogen (secondary N) is 1. The molecule has 1 aliphatic carbocycles. The Bertz CT molecular complexity index is 1290. The average Bonchev–Trinajstić information content (AvgIpc) is 2.84. The van der Waals surface area contributed by atoms with Crippen molar-refractivity contribution in [2.45, 2.75) is 54.2 Å². The van der Waals surface area contributed by atoms with Gasteiger partial charge in [-0.25, -0.2) is 13.4 Å². The summed E-state index contributed by atoms with van der Waals surface area (Å²) in [6.45, 7) is 1.85. The number of carboxylic acid groups (broad SMARTS) is 1. The van der Waals surface area contributed by atoms with Crippen LogP contribution >= 0.6 is 0 Å². The minimum absolute atomic E-state index is 0.00998. The number of anilines is 1. The molecule has 1 saturated carbocycles. The Morgan fingerprint density at radius 3 is 2.46 bits per heavy atom. The third-order valence-electron chi connectivity index (χ3n) is 7.05. The lowest BCUT2D eigenvalue weighted by Crippen LogP contribution is -2.47. The van der Waals surface area contributed by atoms with Gasteiger partial charge in [0.25, 0.3) is 0 Å². The summed E-state index contributed by atoms with van der Waals surface area (Å²) in [6.07, 6.45) is 7.38. The number of nitrogens with two attached hydrogens (primary N) is 1. The summed E-state index contributed by atoms with van der Waals surface area (Å²) in [6, 6.07) is 15.8. The number of hydrogen-bond donors (Lipinski definition) is 3. The maximum atomic E-state index is 13.8. The molecule has 1 aromatic carbocycles. The van der Waals surface area contributed by atoms with Crippen molar-refractivity contribution >= 4 is 21.6 Å². The van der Waals surface area contributed by atoms with E-state index in [1.165, 1.54) is 43.3 Å². The Morgan fingerprint density at radius 1 is 1.14 bits per heavy atom. The highest BCUT2D eigenvalue weighted by molar-refractivity contribution is 7.92. The van der Waals surface area contributed by atoms with Gasteiger partial charge in [0.2, 0.25) is 9.84 Å². The summed E-state index contributed by atoms with van der Waals surface area (Å²) in [4.78, 5) is 17.4. The van der Waals surface area contributed by atoms with E-state index < -0.39 is 20.7 Å². The summed E-state index contributed by atoms with van der Waals surface area (Å²) in [5.74, 6) is -0.832. The molecule has 0 aliphatic heterocycles. The van der Waals surface area contributed by atoms with Crippen molar-refractivity contribution in [3.8, 4) is 0 Å². The van der Waals surface area contributed by atoms with Crippen LogP contribution in [0.3, 0.4) is 0 Å². The van der Waals surface area contributed by atoms with Crippen LogP contribution in [0, 0.1) is 0 Å². The summed E-state index contributed by atoms with van der Waals surface area (Å²) >= 11 is 0. The van der Waals surface area contributed by atoms with E-state index in [0.717, 1.165) is 12.0 Å². The topological polar surface area (TPSA) is 135 Å². The molecule has 2 aromatic heterocycles. The Balaban J connectivity index is 1.74. The highest BCUT2D eigenvalue weighted by Gasteiger charge is 2.45. The fraction of sp³-hybridized carbons (Fsp3) is 0.346. The number of pyridine rings is 2. The van der Waals surface area contributed by atoms with Gasteiger partial charge < -0.3 is 16.2 Å². The van der Waals surface area contributed by atoms with E-state index in [0.29, 0.717) is 0 Å². The normalized spacial score (nSPS) is 16.6. The second-order valence-electron chi connectivity index (χ2n) is 9.10. The molecule has 0 spiro atoms. The van der Waals surface area contributed by atoms with Crippen LogP contribution in [0.4, 0.5) is 5.82 Å². The van der Waals surface area contributed by atoms with Gasteiger partial charge in [-0.1, -0.05) is 43.7 Å². The van der Waals surface area contributed by atoms with Crippen LogP contribution in [0.15, 0.2) is 71.9 Å². The van der Waals surface area contributed by atoms with Crippen LogP contribution in [-0.4, -0.2) is 36.0 Å². The molecule has 0 amide bonds. The van der Waals surface area contributed by atoms with Gasteiger partial charge in [-0.3, -0.25) is 9.78 Å². The first-order chi connectivity index (χ1) is 16.7. The molecule has 1 aliphatic rings. The molecule has 0 saturated heterocycles. The molecular weight excluding hydrogens is 464 g/mol. The minimum Gasteiger partial charge on any atom is -0.480 e. The summed E-state index contributed by atoms with van der Waals surface area (Å²) in [7, 11) is -4.13. The van der Waals surface area contributed by atoms with Crippen molar-refractivity contribution in [2.75, 3.05) is 11.9 Å². The third kappa shape index (κ3) is 4.78. The number of nitrogens with zero attached hydrogens (tertiary/aromatic N) is 2. The molecule has 0 radical (unpaired) electrons. The van der Waals surface area contributed by atoms with Crippen molar-refractivity contribution in [3.05, 3.63) is 83.8 Å². The van der Waals surface area contributed by atoms with Crippen molar-refractivity contribution in [1.82, 2.24) is 9.97 Å². The van der Waals surface area contributed by atoms with Crippen LogP contribution in [0.2, 0.25) is 0 Å². The standard InChI is InChI=1S/C26H30N4O4S/c1-2-25(13-5-14-25)20-11-9-19(10-12-20)16-26(27,35(33,34)21-6-4-15-28-17-21)22-7-3-8-23(30-22)29-18-24(31)32/h3-4,6-12,15,17H,2,5,13-14,16,18,27H2,1H3,(H,29,30)(H,31,32). The molecule has 8 nitrogen and oxygen atoms in total.